The minimum Gasteiger partial charge on any atom is -0.496 e. The monoisotopic (exact) mass is 341 g/mol. The number of hydrogen-bond acceptors (Lipinski definition) is 3. The van der Waals surface area contributed by atoms with Gasteiger partial charge < -0.3 is 15.2 Å². The summed E-state index contributed by atoms with van der Waals surface area (Å²) in [7, 11) is 1.62. The molecule has 0 saturated carbocycles. The Morgan fingerprint density at radius 1 is 1.08 bits per heavy atom. The number of hydrogen-bond donors (Lipinski definition) is 2. The maximum absolute atomic E-state index is 12.3. The number of para-hydroxylation sites is 1. The van der Waals surface area contributed by atoms with Crippen molar-refractivity contribution < 1.29 is 19.4 Å². The van der Waals surface area contributed by atoms with Crippen LogP contribution in [0.2, 0.25) is 0 Å². The maximum atomic E-state index is 12.3. The van der Waals surface area contributed by atoms with Crippen LogP contribution in [0.4, 0.5) is 0 Å². The van der Waals surface area contributed by atoms with Gasteiger partial charge in [-0.2, -0.15) is 0 Å². The number of methoxy groups -OCH3 is 1. The second-order valence-corrected chi connectivity index (χ2v) is 6.07. The van der Waals surface area contributed by atoms with E-state index < -0.39 is 12.0 Å². The van der Waals surface area contributed by atoms with Crippen molar-refractivity contribution in [2.75, 3.05) is 7.11 Å². The van der Waals surface area contributed by atoms with Crippen molar-refractivity contribution in [3.8, 4) is 5.75 Å². The summed E-state index contributed by atoms with van der Waals surface area (Å²) in [6.45, 7) is 1.96. The van der Waals surface area contributed by atoms with Gasteiger partial charge in [-0.05, 0) is 29.5 Å². The van der Waals surface area contributed by atoms with Crippen LogP contribution >= 0.6 is 0 Å². The van der Waals surface area contributed by atoms with Crippen molar-refractivity contribution >= 4 is 11.9 Å². The summed E-state index contributed by atoms with van der Waals surface area (Å²) in [6.07, 6.45) is 0.926. The SMILES string of the molecule is COc1ccccc1CC(C)CC(=O)N[C@H](C(=O)O)c1ccccc1. The summed E-state index contributed by atoms with van der Waals surface area (Å²) in [6, 6.07) is 15.3. The highest BCUT2D eigenvalue weighted by atomic mass is 16.5. The van der Waals surface area contributed by atoms with Gasteiger partial charge in [-0.3, -0.25) is 4.79 Å². The smallest absolute Gasteiger partial charge is 0.330 e. The fourth-order valence-electron chi connectivity index (χ4n) is 2.79. The Kier molecular flexibility index (Phi) is 6.57. The molecule has 2 rings (SSSR count). The first-order valence-corrected chi connectivity index (χ1v) is 8.20. The third-order valence-electron chi connectivity index (χ3n) is 3.98. The molecule has 0 heterocycles. The van der Waals surface area contributed by atoms with Gasteiger partial charge in [-0.1, -0.05) is 55.5 Å². The maximum Gasteiger partial charge on any atom is 0.330 e. The molecule has 2 atom stereocenters. The lowest BCUT2D eigenvalue weighted by Gasteiger charge is -2.17. The van der Waals surface area contributed by atoms with Crippen LogP contribution in [0.1, 0.15) is 30.5 Å². The van der Waals surface area contributed by atoms with Gasteiger partial charge in [0.2, 0.25) is 5.91 Å². The van der Waals surface area contributed by atoms with E-state index in [9.17, 15) is 14.7 Å². The standard InChI is InChI=1S/C20H23NO4/c1-14(12-16-10-6-7-11-17(16)25-2)13-18(22)21-19(20(23)24)15-8-4-3-5-9-15/h3-11,14,19H,12-13H2,1-2H3,(H,21,22)(H,23,24)/t14?,19-/m0/s1. The number of aliphatic carboxylic acids is 1. The largest absolute Gasteiger partial charge is 0.496 e. The average Bonchev–Trinajstić information content (AvgIpc) is 2.60. The second-order valence-electron chi connectivity index (χ2n) is 6.07. The molecule has 5 nitrogen and oxygen atoms in total. The van der Waals surface area contributed by atoms with Gasteiger partial charge in [-0.25, -0.2) is 4.79 Å². The van der Waals surface area contributed by atoms with Gasteiger partial charge in [0, 0.05) is 6.42 Å². The fraction of sp³-hybridized carbons (Fsp3) is 0.300. The van der Waals surface area contributed by atoms with Gasteiger partial charge in [0.1, 0.15) is 5.75 Å². The molecule has 132 valence electrons. The van der Waals surface area contributed by atoms with E-state index in [0.29, 0.717) is 12.0 Å². The Labute approximate surface area is 147 Å². The van der Waals surface area contributed by atoms with Crippen LogP contribution in [0.5, 0.6) is 5.75 Å². The number of carbonyl (C=O) groups is 2. The van der Waals surface area contributed by atoms with Crippen LogP contribution in [0, 0.1) is 5.92 Å². The summed E-state index contributed by atoms with van der Waals surface area (Å²) < 4.78 is 5.33. The van der Waals surface area contributed by atoms with Gasteiger partial charge in [0.05, 0.1) is 7.11 Å². The molecular weight excluding hydrogens is 318 g/mol. The molecule has 2 aromatic carbocycles. The minimum atomic E-state index is -1.07. The molecule has 0 aliphatic rings. The molecule has 0 saturated heterocycles. The summed E-state index contributed by atoms with van der Waals surface area (Å²) in [4.78, 5) is 23.7. The molecule has 25 heavy (non-hydrogen) atoms. The van der Waals surface area contributed by atoms with Crippen molar-refractivity contribution in [1.29, 1.82) is 0 Å². The van der Waals surface area contributed by atoms with E-state index in [1.54, 1.807) is 37.4 Å². The van der Waals surface area contributed by atoms with Crippen LogP contribution in [0.25, 0.3) is 0 Å². The zero-order chi connectivity index (χ0) is 18.2. The minimum absolute atomic E-state index is 0.0570. The van der Waals surface area contributed by atoms with Gasteiger partial charge in [0.25, 0.3) is 0 Å². The first-order chi connectivity index (χ1) is 12.0. The topological polar surface area (TPSA) is 75.6 Å². The van der Waals surface area contributed by atoms with Gasteiger partial charge in [0.15, 0.2) is 6.04 Å². The van der Waals surface area contributed by atoms with Gasteiger partial charge in [-0.15, -0.1) is 0 Å². The quantitative estimate of drug-likeness (QED) is 0.773. The van der Waals surface area contributed by atoms with Crippen molar-refractivity contribution in [2.45, 2.75) is 25.8 Å². The molecule has 2 N–H and O–H groups in total. The highest BCUT2D eigenvalue weighted by molar-refractivity contribution is 5.84. The normalized spacial score (nSPS) is 12.9. The van der Waals surface area contributed by atoms with E-state index >= 15 is 0 Å². The first-order valence-electron chi connectivity index (χ1n) is 8.20. The molecule has 5 heteroatoms. The summed E-state index contributed by atoms with van der Waals surface area (Å²) in [5, 5.41) is 12.0. The highest BCUT2D eigenvalue weighted by Gasteiger charge is 2.22. The van der Waals surface area contributed by atoms with Crippen molar-refractivity contribution in [3.63, 3.8) is 0 Å². The van der Waals surface area contributed by atoms with E-state index in [4.69, 9.17) is 4.74 Å². The van der Waals surface area contributed by atoms with E-state index in [-0.39, 0.29) is 18.2 Å². The van der Waals surface area contributed by atoms with Crippen LogP contribution < -0.4 is 10.1 Å². The molecular formula is C20H23NO4. The lowest BCUT2D eigenvalue weighted by molar-refractivity contribution is -0.142. The Morgan fingerprint density at radius 2 is 1.72 bits per heavy atom. The van der Waals surface area contributed by atoms with Crippen LogP contribution in [0.3, 0.4) is 0 Å². The van der Waals surface area contributed by atoms with E-state index in [1.807, 2.05) is 31.2 Å². The lowest BCUT2D eigenvalue weighted by Crippen LogP contribution is -2.34. The molecule has 2 aromatic rings. The number of amides is 1. The highest BCUT2D eigenvalue weighted by Crippen LogP contribution is 2.22. The van der Waals surface area contributed by atoms with Crippen molar-refractivity contribution in [2.24, 2.45) is 5.92 Å². The lowest BCUT2D eigenvalue weighted by atomic mass is 9.96. The van der Waals surface area contributed by atoms with E-state index in [0.717, 1.165) is 11.3 Å². The summed E-state index contributed by atoms with van der Waals surface area (Å²) >= 11 is 0. The molecule has 1 amide bonds. The van der Waals surface area contributed by atoms with Crippen molar-refractivity contribution in [3.05, 3.63) is 65.7 Å². The van der Waals surface area contributed by atoms with Gasteiger partial charge >= 0.3 is 5.97 Å². The number of carboxylic acids is 1. The fourth-order valence-corrected chi connectivity index (χ4v) is 2.79. The molecule has 0 fully saturated rings. The van der Waals surface area contributed by atoms with Crippen LogP contribution in [0.15, 0.2) is 54.6 Å². The molecule has 0 aliphatic carbocycles. The molecule has 0 aliphatic heterocycles. The average molecular weight is 341 g/mol. The zero-order valence-corrected chi connectivity index (χ0v) is 14.4. The molecule has 0 radical (unpaired) electrons. The Balaban J connectivity index is 1.97. The number of rotatable bonds is 8. The zero-order valence-electron chi connectivity index (χ0n) is 14.4. The number of benzene rings is 2. The predicted molar refractivity (Wildman–Crippen MR) is 95.4 cm³/mol. The molecule has 0 spiro atoms. The van der Waals surface area contributed by atoms with Crippen LogP contribution in [-0.2, 0) is 16.0 Å². The molecule has 0 bridgehead atoms. The number of carboxylic acid groups (broad SMARTS) is 1. The molecule has 1 unspecified atom stereocenters. The van der Waals surface area contributed by atoms with E-state index in [2.05, 4.69) is 5.32 Å². The number of ether oxygens (including phenoxy) is 1. The van der Waals surface area contributed by atoms with Crippen LogP contribution in [-0.4, -0.2) is 24.1 Å². The Hall–Kier alpha value is -2.82. The molecule has 0 aromatic heterocycles. The first kappa shape index (κ1) is 18.5. The third-order valence-corrected chi connectivity index (χ3v) is 3.98. The Bertz CT molecular complexity index is 715. The third kappa shape index (κ3) is 5.35. The number of nitrogens with one attached hydrogen (secondary N) is 1. The summed E-state index contributed by atoms with van der Waals surface area (Å²) in [5.74, 6) is -0.500. The Morgan fingerprint density at radius 3 is 2.36 bits per heavy atom. The second kappa shape index (κ2) is 8.87. The van der Waals surface area contributed by atoms with Crippen molar-refractivity contribution in [1.82, 2.24) is 5.32 Å². The number of carbonyl (C=O) groups excluding carboxylic acids is 1. The predicted octanol–water partition coefficient (Wildman–Crippen LogP) is 3.21. The summed E-state index contributed by atoms with van der Waals surface area (Å²) in [5.41, 5.74) is 1.59. The van der Waals surface area contributed by atoms with E-state index in [1.165, 1.54) is 0 Å².